The lowest BCUT2D eigenvalue weighted by Gasteiger charge is -2.18. The van der Waals surface area contributed by atoms with Gasteiger partial charge in [-0.25, -0.2) is 13.2 Å². The Morgan fingerprint density at radius 2 is 1.68 bits per heavy atom. The third-order valence-electron chi connectivity index (χ3n) is 4.93. The van der Waals surface area contributed by atoms with Crippen LogP contribution < -0.4 is 0 Å². The molecule has 1 saturated carbocycles. The lowest BCUT2D eigenvalue weighted by atomic mass is 10.1. The van der Waals surface area contributed by atoms with Gasteiger partial charge in [-0.2, -0.15) is 4.31 Å². The van der Waals surface area contributed by atoms with Gasteiger partial charge in [0.1, 0.15) is 11.0 Å². The van der Waals surface area contributed by atoms with Gasteiger partial charge in [-0.3, -0.25) is 0 Å². The van der Waals surface area contributed by atoms with E-state index in [4.69, 9.17) is 16.3 Å². The third-order valence-corrected chi connectivity index (χ3v) is 7.31. The molecule has 0 amide bonds. The monoisotopic (exact) mass is 385 g/mol. The van der Waals surface area contributed by atoms with Crippen molar-refractivity contribution in [3.63, 3.8) is 0 Å². The molecule has 5 nitrogen and oxygen atoms in total. The second-order valence-corrected chi connectivity index (χ2v) is 9.09. The third kappa shape index (κ3) is 4.36. The fourth-order valence-corrected chi connectivity index (χ4v) is 5.49. The van der Waals surface area contributed by atoms with Gasteiger partial charge in [-0.05, 0) is 56.7 Å². The standard InChI is InChI=1S/C18H24ClNO4S/c19-16-10-9-14(18(21)24-15-7-3-1-2-4-8-15)13-17(16)25(22,23)20-11-5-6-12-20/h9-10,13,15H,1-8,11-12H2. The van der Waals surface area contributed by atoms with Crippen molar-refractivity contribution in [2.24, 2.45) is 0 Å². The normalized spacial score (nSPS) is 20.4. The number of hydrogen-bond acceptors (Lipinski definition) is 4. The molecule has 2 fully saturated rings. The molecule has 1 aromatic carbocycles. The maximum atomic E-state index is 12.8. The zero-order valence-electron chi connectivity index (χ0n) is 14.2. The van der Waals surface area contributed by atoms with Gasteiger partial charge >= 0.3 is 5.97 Å². The molecule has 2 aliphatic rings. The van der Waals surface area contributed by atoms with E-state index in [1.54, 1.807) is 0 Å². The molecule has 3 rings (SSSR count). The second-order valence-electron chi connectivity index (χ2n) is 6.78. The van der Waals surface area contributed by atoms with Crippen LogP contribution >= 0.6 is 11.6 Å². The van der Waals surface area contributed by atoms with Crippen molar-refractivity contribution in [1.29, 1.82) is 0 Å². The van der Waals surface area contributed by atoms with Crippen LogP contribution in [-0.4, -0.2) is 37.9 Å². The van der Waals surface area contributed by atoms with Crippen molar-refractivity contribution >= 4 is 27.6 Å². The number of carbonyl (C=O) groups is 1. The highest BCUT2D eigenvalue weighted by Gasteiger charge is 2.30. The van der Waals surface area contributed by atoms with Crippen molar-refractivity contribution in [2.75, 3.05) is 13.1 Å². The van der Waals surface area contributed by atoms with Gasteiger partial charge in [0.25, 0.3) is 0 Å². The Bertz CT molecular complexity index is 721. The predicted octanol–water partition coefficient (Wildman–Crippen LogP) is 4.00. The lowest BCUT2D eigenvalue weighted by Crippen LogP contribution is -2.28. The Labute approximate surface area is 154 Å². The summed E-state index contributed by atoms with van der Waals surface area (Å²) in [6.45, 7) is 0.991. The largest absolute Gasteiger partial charge is 0.459 e. The Morgan fingerprint density at radius 3 is 2.32 bits per heavy atom. The van der Waals surface area contributed by atoms with Gasteiger partial charge in [-0.1, -0.05) is 24.4 Å². The van der Waals surface area contributed by atoms with Gasteiger partial charge in [0.05, 0.1) is 10.6 Å². The van der Waals surface area contributed by atoms with E-state index in [1.807, 2.05) is 0 Å². The summed E-state index contributed by atoms with van der Waals surface area (Å²) in [6.07, 6.45) is 7.84. The molecule has 1 heterocycles. The van der Waals surface area contributed by atoms with E-state index in [9.17, 15) is 13.2 Å². The molecule has 1 aliphatic carbocycles. The van der Waals surface area contributed by atoms with Crippen molar-refractivity contribution in [3.05, 3.63) is 28.8 Å². The van der Waals surface area contributed by atoms with Crippen LogP contribution in [-0.2, 0) is 14.8 Å². The molecule has 1 saturated heterocycles. The zero-order chi connectivity index (χ0) is 17.9. The Balaban J connectivity index is 1.79. The highest BCUT2D eigenvalue weighted by atomic mass is 35.5. The van der Waals surface area contributed by atoms with E-state index in [0.29, 0.717) is 13.1 Å². The SMILES string of the molecule is O=C(OC1CCCCCC1)c1ccc(Cl)c(S(=O)(=O)N2CCCC2)c1. The number of benzene rings is 1. The molecule has 0 aromatic heterocycles. The minimum atomic E-state index is -3.67. The van der Waals surface area contributed by atoms with Gasteiger partial charge in [0.2, 0.25) is 10.0 Å². The number of ether oxygens (including phenoxy) is 1. The Morgan fingerprint density at radius 1 is 1.04 bits per heavy atom. The average Bonchev–Trinajstić information content (AvgIpc) is 3.02. The van der Waals surface area contributed by atoms with Crippen LogP contribution in [0.2, 0.25) is 5.02 Å². The van der Waals surface area contributed by atoms with Crippen LogP contribution in [0.25, 0.3) is 0 Å². The van der Waals surface area contributed by atoms with Crippen LogP contribution in [0.4, 0.5) is 0 Å². The van der Waals surface area contributed by atoms with Crippen molar-refractivity contribution in [3.8, 4) is 0 Å². The molecule has 0 radical (unpaired) electrons. The number of carbonyl (C=O) groups excluding carboxylic acids is 1. The van der Waals surface area contributed by atoms with Crippen molar-refractivity contribution in [2.45, 2.75) is 62.4 Å². The maximum absolute atomic E-state index is 12.8. The first-order valence-corrected chi connectivity index (χ1v) is 10.8. The maximum Gasteiger partial charge on any atom is 0.338 e. The highest BCUT2D eigenvalue weighted by Crippen LogP contribution is 2.29. The molecule has 7 heteroatoms. The van der Waals surface area contributed by atoms with E-state index in [-0.39, 0.29) is 21.6 Å². The molecular weight excluding hydrogens is 362 g/mol. The zero-order valence-corrected chi connectivity index (χ0v) is 15.8. The summed E-state index contributed by atoms with van der Waals surface area (Å²) >= 11 is 6.12. The summed E-state index contributed by atoms with van der Waals surface area (Å²) in [5, 5.41) is 0.137. The molecule has 1 aromatic rings. The summed E-state index contributed by atoms with van der Waals surface area (Å²) in [4.78, 5) is 12.5. The highest BCUT2D eigenvalue weighted by molar-refractivity contribution is 7.89. The minimum Gasteiger partial charge on any atom is -0.459 e. The summed E-state index contributed by atoms with van der Waals surface area (Å²) in [5.41, 5.74) is 0.242. The van der Waals surface area contributed by atoms with E-state index < -0.39 is 16.0 Å². The van der Waals surface area contributed by atoms with Crippen LogP contribution in [0.15, 0.2) is 23.1 Å². The van der Waals surface area contributed by atoms with E-state index >= 15 is 0 Å². The molecule has 0 bridgehead atoms. The number of nitrogens with zero attached hydrogens (tertiary/aromatic N) is 1. The molecule has 0 atom stereocenters. The van der Waals surface area contributed by atoms with Crippen LogP contribution in [0.5, 0.6) is 0 Å². The molecule has 0 unspecified atom stereocenters. The van der Waals surface area contributed by atoms with Gasteiger partial charge in [0.15, 0.2) is 0 Å². The van der Waals surface area contributed by atoms with Crippen molar-refractivity contribution in [1.82, 2.24) is 4.31 Å². The average molecular weight is 386 g/mol. The van der Waals surface area contributed by atoms with Crippen molar-refractivity contribution < 1.29 is 17.9 Å². The van der Waals surface area contributed by atoms with E-state index in [1.165, 1.54) is 35.3 Å². The van der Waals surface area contributed by atoms with Gasteiger partial charge < -0.3 is 4.74 Å². The fourth-order valence-electron chi connectivity index (χ4n) is 3.47. The second kappa shape index (κ2) is 8.06. The number of esters is 1. The first-order chi connectivity index (χ1) is 12.0. The van der Waals surface area contributed by atoms with Crippen LogP contribution in [0.3, 0.4) is 0 Å². The first-order valence-electron chi connectivity index (χ1n) is 8.99. The van der Waals surface area contributed by atoms with E-state index in [0.717, 1.165) is 38.5 Å². The smallest absolute Gasteiger partial charge is 0.338 e. The quantitative estimate of drug-likeness (QED) is 0.580. The summed E-state index contributed by atoms with van der Waals surface area (Å²) < 4.78 is 32.5. The molecule has 138 valence electrons. The summed E-state index contributed by atoms with van der Waals surface area (Å²) in [7, 11) is -3.67. The minimum absolute atomic E-state index is 0.00798. The summed E-state index contributed by atoms with van der Waals surface area (Å²) in [5.74, 6) is -0.471. The Hall–Kier alpha value is -1.11. The lowest BCUT2D eigenvalue weighted by molar-refractivity contribution is 0.0267. The molecule has 25 heavy (non-hydrogen) atoms. The number of halogens is 1. The number of sulfonamides is 1. The molecule has 1 aliphatic heterocycles. The topological polar surface area (TPSA) is 63.7 Å². The number of hydrogen-bond donors (Lipinski definition) is 0. The van der Waals surface area contributed by atoms with Crippen LogP contribution in [0.1, 0.15) is 61.7 Å². The van der Waals surface area contributed by atoms with Gasteiger partial charge in [-0.15, -0.1) is 0 Å². The van der Waals surface area contributed by atoms with Gasteiger partial charge in [0, 0.05) is 13.1 Å². The molecule has 0 N–H and O–H groups in total. The molecular formula is C18H24ClNO4S. The fraction of sp³-hybridized carbons (Fsp3) is 0.611. The summed E-state index contributed by atoms with van der Waals surface area (Å²) in [6, 6.07) is 4.35. The van der Waals surface area contributed by atoms with E-state index in [2.05, 4.69) is 0 Å². The van der Waals surface area contributed by atoms with Crippen LogP contribution in [0, 0.1) is 0 Å². The Kier molecular flexibility index (Phi) is 6.02. The first kappa shape index (κ1) is 18.7. The predicted molar refractivity (Wildman–Crippen MR) is 96.4 cm³/mol. The number of rotatable bonds is 4. The molecule has 0 spiro atoms.